The summed E-state index contributed by atoms with van der Waals surface area (Å²) in [7, 11) is -4.10. The molecule has 1 aliphatic heterocycles. The number of carbonyl (C=O) groups excluding carboxylic acids is 1. The molecule has 1 aromatic rings. The Morgan fingerprint density at radius 2 is 1.88 bits per heavy atom. The van der Waals surface area contributed by atoms with Crippen LogP contribution in [0.2, 0.25) is 0 Å². The summed E-state index contributed by atoms with van der Waals surface area (Å²) in [5.41, 5.74) is -2.25. The van der Waals surface area contributed by atoms with Crippen LogP contribution in [0.25, 0.3) is 0 Å². The highest BCUT2D eigenvalue weighted by Gasteiger charge is 2.63. The van der Waals surface area contributed by atoms with E-state index in [0.29, 0.717) is 16.8 Å². The lowest BCUT2D eigenvalue weighted by Gasteiger charge is -2.20. The maximum Gasteiger partial charge on any atom is 0.417 e. The van der Waals surface area contributed by atoms with Gasteiger partial charge in [-0.3, -0.25) is 4.79 Å². The topological polar surface area (TPSA) is 78.2 Å². The van der Waals surface area contributed by atoms with Crippen molar-refractivity contribution < 1.29 is 26.4 Å². The molecular formula is C16H11F3N2O3S. The van der Waals surface area contributed by atoms with E-state index >= 15 is 0 Å². The number of benzene rings is 1. The van der Waals surface area contributed by atoms with E-state index in [0.717, 1.165) is 12.1 Å². The Labute approximate surface area is 141 Å². The van der Waals surface area contributed by atoms with Crippen LogP contribution in [0.5, 0.6) is 0 Å². The van der Waals surface area contributed by atoms with Crippen molar-refractivity contribution in [1.82, 2.24) is 0 Å². The van der Waals surface area contributed by atoms with Crippen LogP contribution in [0.4, 0.5) is 18.9 Å². The van der Waals surface area contributed by atoms with Crippen LogP contribution in [-0.2, 0) is 21.0 Å². The molecule has 3 aliphatic rings. The average Bonchev–Trinajstić information content (AvgIpc) is 3.19. The molecule has 1 amide bonds. The zero-order valence-corrected chi connectivity index (χ0v) is 13.4. The van der Waals surface area contributed by atoms with Gasteiger partial charge in [-0.25, -0.2) is 12.7 Å². The lowest BCUT2D eigenvalue weighted by atomic mass is 9.92. The summed E-state index contributed by atoms with van der Waals surface area (Å²) in [6.45, 7) is 0. The van der Waals surface area contributed by atoms with E-state index in [-0.39, 0.29) is 17.5 Å². The van der Waals surface area contributed by atoms with Crippen LogP contribution < -0.4 is 4.31 Å². The number of rotatable bonds is 1. The van der Waals surface area contributed by atoms with Crippen molar-refractivity contribution in [1.29, 1.82) is 5.26 Å². The fraction of sp³-hybridized carbons (Fsp3) is 0.375. The van der Waals surface area contributed by atoms with E-state index < -0.39 is 44.4 Å². The molecular weight excluding hydrogens is 357 g/mol. The summed E-state index contributed by atoms with van der Waals surface area (Å²) in [5.74, 6) is -1.91. The van der Waals surface area contributed by atoms with Crippen molar-refractivity contribution >= 4 is 21.6 Å². The number of anilines is 1. The Bertz CT molecular complexity index is 962. The van der Waals surface area contributed by atoms with Gasteiger partial charge in [-0.1, -0.05) is 12.2 Å². The third-order valence-corrected chi connectivity index (χ3v) is 7.36. The van der Waals surface area contributed by atoms with Gasteiger partial charge in [-0.05, 0) is 36.5 Å². The van der Waals surface area contributed by atoms with Crippen molar-refractivity contribution in [3.63, 3.8) is 0 Å². The molecule has 0 spiro atoms. The number of allylic oxidation sites excluding steroid dienone is 2. The molecule has 2 aliphatic carbocycles. The van der Waals surface area contributed by atoms with E-state index in [2.05, 4.69) is 0 Å². The second-order valence-electron chi connectivity index (χ2n) is 6.43. The van der Waals surface area contributed by atoms with Crippen molar-refractivity contribution in [2.24, 2.45) is 17.8 Å². The number of carbonyl (C=O) groups is 1. The van der Waals surface area contributed by atoms with Crippen LogP contribution >= 0.6 is 0 Å². The van der Waals surface area contributed by atoms with Gasteiger partial charge in [0.25, 0.3) is 0 Å². The molecule has 1 saturated carbocycles. The zero-order chi connectivity index (χ0) is 18.1. The van der Waals surface area contributed by atoms with Crippen molar-refractivity contribution in [2.45, 2.75) is 17.8 Å². The van der Waals surface area contributed by atoms with E-state index in [1.165, 1.54) is 6.07 Å². The Morgan fingerprint density at radius 3 is 2.48 bits per heavy atom. The van der Waals surface area contributed by atoms with Gasteiger partial charge < -0.3 is 0 Å². The number of nitrogens with zero attached hydrogens (tertiary/aromatic N) is 2. The van der Waals surface area contributed by atoms with Gasteiger partial charge in [0, 0.05) is 0 Å². The van der Waals surface area contributed by atoms with Crippen molar-refractivity contribution in [2.75, 3.05) is 4.31 Å². The molecule has 0 N–H and O–H groups in total. The number of hydrogen-bond acceptors (Lipinski definition) is 4. The van der Waals surface area contributed by atoms with E-state index in [1.807, 2.05) is 6.08 Å². The fourth-order valence-electron chi connectivity index (χ4n) is 4.15. The molecule has 2 bridgehead atoms. The van der Waals surface area contributed by atoms with Gasteiger partial charge in [0.15, 0.2) is 0 Å². The molecule has 1 aromatic carbocycles. The van der Waals surface area contributed by atoms with Gasteiger partial charge in [0.1, 0.15) is 0 Å². The number of nitriles is 1. The van der Waals surface area contributed by atoms with Crippen LogP contribution in [0.15, 0.2) is 30.4 Å². The third kappa shape index (κ3) is 2.07. The maximum absolute atomic E-state index is 13.1. The van der Waals surface area contributed by atoms with Crippen LogP contribution in [0.1, 0.15) is 17.5 Å². The first-order valence-electron chi connectivity index (χ1n) is 7.54. The average molecular weight is 368 g/mol. The molecule has 0 aromatic heterocycles. The second kappa shape index (κ2) is 4.85. The first kappa shape index (κ1) is 16.1. The monoisotopic (exact) mass is 368 g/mol. The number of sulfonamides is 1. The number of amides is 1. The van der Waals surface area contributed by atoms with Crippen molar-refractivity contribution in [3.8, 4) is 6.07 Å². The molecule has 1 saturated heterocycles. The van der Waals surface area contributed by atoms with Gasteiger partial charge in [0.05, 0.1) is 34.1 Å². The number of halogens is 3. The first-order chi connectivity index (χ1) is 11.7. The predicted octanol–water partition coefficient (Wildman–Crippen LogP) is 2.44. The standard InChI is InChI=1S/C16H11F3N2O3S/c17-16(18,19)12-6-11(4-3-10(12)7-20)21-15(22)13-8-1-2-9(5-8)14(13)25(21,23)24/h1-4,6,8-9,13-14H,5H2/t8-,9+,13-,14+/m1/s1. The Hall–Kier alpha value is -2.34. The minimum absolute atomic E-state index is 0.192. The molecule has 1 heterocycles. The molecule has 5 nitrogen and oxygen atoms in total. The summed E-state index contributed by atoms with van der Waals surface area (Å²) in [4.78, 5) is 12.7. The molecule has 4 rings (SSSR count). The summed E-state index contributed by atoms with van der Waals surface area (Å²) in [6.07, 6.45) is -0.678. The number of hydrogen-bond donors (Lipinski definition) is 0. The molecule has 25 heavy (non-hydrogen) atoms. The van der Waals surface area contributed by atoms with E-state index in [4.69, 9.17) is 5.26 Å². The highest BCUT2D eigenvalue weighted by molar-refractivity contribution is 7.94. The minimum Gasteiger partial charge on any atom is -0.273 e. The molecule has 4 atom stereocenters. The summed E-state index contributed by atoms with van der Waals surface area (Å²) < 4.78 is 65.6. The first-order valence-corrected chi connectivity index (χ1v) is 9.04. The molecule has 0 unspecified atom stereocenters. The highest BCUT2D eigenvalue weighted by atomic mass is 32.2. The molecule has 130 valence electrons. The Morgan fingerprint density at radius 1 is 1.20 bits per heavy atom. The lowest BCUT2D eigenvalue weighted by molar-refractivity contribution is -0.137. The Balaban J connectivity index is 1.84. The van der Waals surface area contributed by atoms with Gasteiger partial charge >= 0.3 is 6.18 Å². The van der Waals surface area contributed by atoms with Gasteiger partial charge in [0.2, 0.25) is 15.9 Å². The van der Waals surface area contributed by atoms with E-state index in [1.54, 1.807) is 6.08 Å². The minimum atomic E-state index is -4.83. The zero-order valence-electron chi connectivity index (χ0n) is 12.6. The Kier molecular flexibility index (Phi) is 3.13. The largest absolute Gasteiger partial charge is 0.417 e. The van der Waals surface area contributed by atoms with Gasteiger partial charge in [-0.15, -0.1) is 0 Å². The summed E-state index contributed by atoms with van der Waals surface area (Å²) in [5, 5.41) is 7.93. The molecule has 0 radical (unpaired) electrons. The van der Waals surface area contributed by atoms with Crippen LogP contribution in [-0.4, -0.2) is 19.6 Å². The second-order valence-corrected chi connectivity index (χ2v) is 8.37. The highest BCUT2D eigenvalue weighted by Crippen LogP contribution is 2.53. The van der Waals surface area contributed by atoms with Crippen LogP contribution in [0.3, 0.4) is 0 Å². The smallest absolute Gasteiger partial charge is 0.273 e. The maximum atomic E-state index is 13.1. The third-order valence-electron chi connectivity index (χ3n) is 5.13. The molecule has 9 heteroatoms. The normalized spacial score (nSPS) is 32.1. The number of alkyl halides is 3. The number of fused-ring (bicyclic) bond motifs is 5. The van der Waals surface area contributed by atoms with Crippen LogP contribution in [0, 0.1) is 29.1 Å². The lowest BCUT2D eigenvalue weighted by Crippen LogP contribution is -2.34. The van der Waals surface area contributed by atoms with E-state index in [9.17, 15) is 26.4 Å². The fourth-order valence-corrected chi connectivity index (χ4v) is 6.51. The van der Waals surface area contributed by atoms with Gasteiger partial charge in [-0.2, -0.15) is 18.4 Å². The molecule has 2 fully saturated rings. The summed E-state index contributed by atoms with van der Waals surface area (Å²) in [6, 6.07) is 3.95. The summed E-state index contributed by atoms with van der Waals surface area (Å²) >= 11 is 0. The SMILES string of the molecule is N#Cc1ccc(N2C(=O)[C@H]3[C@H]([C@H]4C=C[C@@H]3C4)S2(=O)=O)cc1C(F)(F)F. The van der Waals surface area contributed by atoms with Crippen molar-refractivity contribution in [3.05, 3.63) is 41.5 Å². The predicted molar refractivity (Wildman–Crippen MR) is 80.6 cm³/mol. The quantitative estimate of drug-likeness (QED) is 0.714.